The summed E-state index contributed by atoms with van der Waals surface area (Å²) < 4.78 is 11.2. The Kier molecular flexibility index (Phi) is 8.57. The Bertz CT molecular complexity index is 162. The molecule has 3 heteroatoms. The second-order valence-electron chi connectivity index (χ2n) is 4.43. The van der Waals surface area contributed by atoms with E-state index in [9.17, 15) is 0 Å². The highest BCUT2D eigenvalue weighted by Crippen LogP contribution is 2.06. The zero-order valence-electron chi connectivity index (χ0n) is 10.7. The third kappa shape index (κ3) is 9.85. The van der Waals surface area contributed by atoms with Gasteiger partial charge in [-0.1, -0.05) is 40.7 Å². The lowest BCUT2D eigenvalue weighted by Gasteiger charge is -2.14. The topological polar surface area (TPSA) is 18.5 Å². The Morgan fingerprint density at radius 2 is 1.53 bits per heavy atom. The van der Waals surface area contributed by atoms with Gasteiger partial charge in [-0.25, -0.2) is 0 Å². The Morgan fingerprint density at radius 3 is 1.87 bits per heavy atom. The minimum atomic E-state index is 0.543. The maximum absolute atomic E-state index is 5.60. The minimum absolute atomic E-state index is 0.543. The number of hydrogen-bond acceptors (Lipinski definition) is 2. The number of hydrogen-bond donors (Lipinski definition) is 0. The molecule has 0 aliphatic heterocycles. The summed E-state index contributed by atoms with van der Waals surface area (Å²) in [7, 11) is 0.790. The van der Waals surface area contributed by atoms with Crippen LogP contribution >= 0.6 is 0 Å². The highest BCUT2D eigenvalue weighted by atomic mass is 28.2. The fraction of sp³-hybridized carbons (Fsp3) is 0.833. The van der Waals surface area contributed by atoms with Gasteiger partial charge in [-0.05, 0) is 17.5 Å². The molecule has 0 saturated carbocycles. The van der Waals surface area contributed by atoms with Crippen molar-refractivity contribution in [2.75, 3.05) is 13.2 Å². The van der Waals surface area contributed by atoms with E-state index in [0.717, 1.165) is 34.7 Å². The van der Waals surface area contributed by atoms with Gasteiger partial charge in [0.25, 0.3) is 5.95 Å². The predicted molar refractivity (Wildman–Crippen MR) is 65.9 cm³/mol. The monoisotopic (exact) mass is 228 g/mol. The van der Waals surface area contributed by atoms with Crippen molar-refractivity contribution in [3.8, 4) is 0 Å². The van der Waals surface area contributed by atoms with Gasteiger partial charge in [0.05, 0.1) is 22.7 Å². The zero-order chi connectivity index (χ0) is 11.7. The summed E-state index contributed by atoms with van der Waals surface area (Å²) in [6, 6.07) is 1.15. The highest BCUT2D eigenvalue weighted by Gasteiger charge is 2.03. The normalized spacial score (nSPS) is 10.6. The summed E-state index contributed by atoms with van der Waals surface area (Å²) >= 11 is 0. The van der Waals surface area contributed by atoms with Crippen molar-refractivity contribution in [1.29, 1.82) is 0 Å². The molecule has 0 N–H and O–H groups in total. The van der Waals surface area contributed by atoms with E-state index >= 15 is 0 Å². The fourth-order valence-electron chi connectivity index (χ4n) is 0.808. The van der Waals surface area contributed by atoms with Crippen molar-refractivity contribution in [3.05, 3.63) is 11.6 Å². The quantitative estimate of drug-likeness (QED) is 0.469. The van der Waals surface area contributed by atoms with Crippen LogP contribution in [0.5, 0.6) is 0 Å². The molecular weight excluding hydrogens is 204 g/mol. The van der Waals surface area contributed by atoms with Crippen molar-refractivity contribution in [2.24, 2.45) is 11.8 Å². The van der Waals surface area contributed by atoms with E-state index in [1.807, 2.05) is 0 Å². The molecule has 0 aromatic carbocycles. The Morgan fingerprint density at radius 1 is 1.07 bits per heavy atom. The molecule has 0 rings (SSSR count). The van der Waals surface area contributed by atoms with E-state index in [2.05, 4.69) is 40.3 Å². The summed E-state index contributed by atoms with van der Waals surface area (Å²) in [4.78, 5) is 0. The molecule has 88 valence electrons. The Hall–Kier alpha value is -0.443. The van der Waals surface area contributed by atoms with E-state index in [-0.39, 0.29) is 0 Å². The standard InChI is InChI=1S/C12H24O2Si/c1-6-15-9-12(13-7-10(2)3)14-8-11(4)5/h9-11H,6-8H2,1-5H3. The van der Waals surface area contributed by atoms with Gasteiger partial charge in [-0.15, -0.1) is 0 Å². The van der Waals surface area contributed by atoms with Crippen LogP contribution in [0.2, 0.25) is 6.04 Å². The summed E-state index contributed by atoms with van der Waals surface area (Å²) in [5, 5.41) is 0. The smallest absolute Gasteiger partial charge is 0.270 e. The molecule has 0 aliphatic carbocycles. The first-order valence-corrected chi connectivity index (χ1v) is 7.03. The van der Waals surface area contributed by atoms with Crippen LogP contribution in [0.15, 0.2) is 11.6 Å². The molecule has 0 aromatic heterocycles. The van der Waals surface area contributed by atoms with Crippen LogP contribution in [-0.4, -0.2) is 22.7 Å². The molecule has 2 radical (unpaired) electrons. The van der Waals surface area contributed by atoms with Gasteiger partial charge in [0.15, 0.2) is 0 Å². The largest absolute Gasteiger partial charge is 0.466 e. The molecule has 0 bridgehead atoms. The van der Waals surface area contributed by atoms with Crippen molar-refractivity contribution in [3.63, 3.8) is 0 Å². The summed E-state index contributed by atoms with van der Waals surface area (Å²) in [6.45, 7) is 12.2. The van der Waals surface area contributed by atoms with Gasteiger partial charge in [0, 0.05) is 0 Å². The molecule has 0 atom stereocenters. The maximum atomic E-state index is 5.60. The molecule has 0 amide bonds. The third-order valence-corrected chi connectivity index (χ3v) is 2.39. The van der Waals surface area contributed by atoms with Gasteiger partial charge in [0.1, 0.15) is 0 Å². The van der Waals surface area contributed by atoms with Gasteiger partial charge in [0.2, 0.25) is 0 Å². The second-order valence-corrected chi connectivity index (χ2v) is 5.83. The van der Waals surface area contributed by atoms with Crippen molar-refractivity contribution >= 4 is 9.52 Å². The van der Waals surface area contributed by atoms with Crippen LogP contribution in [0.4, 0.5) is 0 Å². The van der Waals surface area contributed by atoms with Crippen LogP contribution in [-0.2, 0) is 9.47 Å². The summed E-state index contributed by atoms with van der Waals surface area (Å²) in [5.41, 5.74) is 2.07. The van der Waals surface area contributed by atoms with E-state index in [1.165, 1.54) is 0 Å². The van der Waals surface area contributed by atoms with Crippen LogP contribution in [0, 0.1) is 11.8 Å². The minimum Gasteiger partial charge on any atom is -0.466 e. The van der Waals surface area contributed by atoms with E-state index in [4.69, 9.17) is 9.47 Å². The number of ether oxygens (including phenoxy) is 2. The van der Waals surface area contributed by atoms with Crippen molar-refractivity contribution < 1.29 is 9.47 Å². The third-order valence-electron chi connectivity index (χ3n) is 1.54. The lowest BCUT2D eigenvalue weighted by Crippen LogP contribution is -2.09. The lowest BCUT2D eigenvalue weighted by molar-refractivity contribution is 0.0161. The van der Waals surface area contributed by atoms with Gasteiger partial charge >= 0.3 is 0 Å². The average Bonchev–Trinajstić information content (AvgIpc) is 2.16. The van der Waals surface area contributed by atoms with E-state index in [1.54, 1.807) is 0 Å². The molecule has 15 heavy (non-hydrogen) atoms. The lowest BCUT2D eigenvalue weighted by atomic mass is 10.2. The van der Waals surface area contributed by atoms with Crippen LogP contribution < -0.4 is 0 Å². The SMILES string of the molecule is CC[Si]C=C(OCC(C)C)OCC(C)C. The first-order chi connectivity index (χ1) is 7.06. The molecule has 0 aliphatic rings. The van der Waals surface area contributed by atoms with Crippen LogP contribution in [0.3, 0.4) is 0 Å². The molecule has 0 unspecified atom stereocenters. The van der Waals surface area contributed by atoms with Crippen molar-refractivity contribution in [2.45, 2.75) is 40.7 Å². The molecule has 0 saturated heterocycles. The average molecular weight is 228 g/mol. The molecule has 0 aromatic rings. The molecular formula is C12H24O2Si. The van der Waals surface area contributed by atoms with Gasteiger partial charge in [-0.3, -0.25) is 0 Å². The molecule has 0 spiro atoms. The maximum Gasteiger partial charge on any atom is 0.270 e. The second kappa shape index (κ2) is 8.83. The Labute approximate surface area is 96.9 Å². The predicted octanol–water partition coefficient (Wildman–Crippen LogP) is 3.27. The first kappa shape index (κ1) is 14.6. The molecule has 2 nitrogen and oxygen atoms in total. The zero-order valence-corrected chi connectivity index (χ0v) is 11.7. The summed E-state index contributed by atoms with van der Waals surface area (Å²) in [5.74, 6) is 1.81. The fourth-order valence-corrected chi connectivity index (χ4v) is 1.35. The Balaban J connectivity index is 3.95. The summed E-state index contributed by atoms with van der Waals surface area (Å²) in [6.07, 6.45) is 0. The first-order valence-electron chi connectivity index (χ1n) is 5.75. The van der Waals surface area contributed by atoms with E-state index in [0.29, 0.717) is 11.8 Å². The van der Waals surface area contributed by atoms with Gasteiger partial charge in [-0.2, -0.15) is 0 Å². The van der Waals surface area contributed by atoms with Crippen molar-refractivity contribution in [1.82, 2.24) is 0 Å². The van der Waals surface area contributed by atoms with E-state index < -0.39 is 0 Å². The number of rotatable bonds is 8. The van der Waals surface area contributed by atoms with Gasteiger partial charge < -0.3 is 9.47 Å². The molecule has 0 fully saturated rings. The molecule has 0 heterocycles. The highest BCUT2D eigenvalue weighted by molar-refractivity contribution is 6.41. The van der Waals surface area contributed by atoms with Crippen LogP contribution in [0.1, 0.15) is 34.6 Å². The van der Waals surface area contributed by atoms with Crippen LogP contribution in [0.25, 0.3) is 0 Å².